The fraction of sp³-hybridized carbons (Fsp3) is 0.333. The highest BCUT2D eigenvalue weighted by Gasteiger charge is 2.01. The Balaban J connectivity index is 3.91. The molecule has 0 aliphatic rings. The van der Waals surface area contributed by atoms with Crippen molar-refractivity contribution in [3.05, 3.63) is 0 Å². The van der Waals surface area contributed by atoms with Gasteiger partial charge in [0.15, 0.2) is 0 Å². The Morgan fingerprint density at radius 1 is 1.54 bits per heavy atom. The van der Waals surface area contributed by atoms with Crippen molar-refractivity contribution in [2.75, 3.05) is 0 Å². The number of hydrogen-bond donors (Lipinski definition) is 3. The number of hydrogen-bond acceptors (Lipinski definition) is 4. The number of carbonyl (C=O) groups excluding carboxylic acids is 3. The zero-order valence-corrected chi connectivity index (χ0v) is 6.77. The number of primary amides is 1. The zero-order chi connectivity index (χ0) is 10.1. The molecular weight excluding hydrogens is 176 g/mol. The molecule has 0 fully saturated rings. The molecule has 1 atom stereocenters. The van der Waals surface area contributed by atoms with Crippen molar-refractivity contribution in [1.82, 2.24) is 10.7 Å². The lowest BCUT2D eigenvalue weighted by Crippen LogP contribution is -2.32. The third kappa shape index (κ3) is 6.48. The summed E-state index contributed by atoms with van der Waals surface area (Å²) in [6.07, 6.45) is 2.35. The number of nitrogens with one attached hydrogen (secondary N) is 2. The van der Waals surface area contributed by atoms with E-state index in [2.05, 4.69) is 10.4 Å². The van der Waals surface area contributed by atoms with Gasteiger partial charge >= 0.3 is 6.03 Å². The van der Waals surface area contributed by atoms with Crippen LogP contribution in [0.2, 0.25) is 0 Å². The first-order valence-electron chi connectivity index (χ1n) is 3.42. The Kier molecular flexibility index (Phi) is 5.77. The Bertz CT molecular complexity index is 206. The molecule has 0 saturated heterocycles. The van der Waals surface area contributed by atoms with E-state index in [4.69, 9.17) is 5.73 Å². The SMILES string of the molecule is NC(=O)N/N=C/C(CC=O)NC=O. The lowest BCUT2D eigenvalue weighted by atomic mass is 10.2. The van der Waals surface area contributed by atoms with Crippen LogP contribution in [0, 0.1) is 0 Å². The van der Waals surface area contributed by atoms with Crippen LogP contribution in [0.4, 0.5) is 4.79 Å². The highest BCUT2D eigenvalue weighted by Crippen LogP contribution is 1.82. The van der Waals surface area contributed by atoms with E-state index in [0.717, 1.165) is 0 Å². The van der Waals surface area contributed by atoms with Gasteiger partial charge in [-0.2, -0.15) is 5.10 Å². The molecule has 1 unspecified atom stereocenters. The molecule has 3 amide bonds. The van der Waals surface area contributed by atoms with Gasteiger partial charge in [-0.25, -0.2) is 10.2 Å². The van der Waals surface area contributed by atoms with Crippen LogP contribution in [0.15, 0.2) is 5.10 Å². The lowest BCUT2D eigenvalue weighted by Gasteiger charge is -2.04. The number of urea groups is 1. The van der Waals surface area contributed by atoms with Crippen LogP contribution < -0.4 is 16.5 Å². The van der Waals surface area contributed by atoms with Crippen LogP contribution in [-0.4, -0.2) is 31.0 Å². The molecule has 13 heavy (non-hydrogen) atoms. The molecule has 0 spiro atoms. The first-order chi connectivity index (χ1) is 6.20. The first kappa shape index (κ1) is 11.1. The van der Waals surface area contributed by atoms with E-state index in [-0.39, 0.29) is 6.42 Å². The van der Waals surface area contributed by atoms with Gasteiger partial charge in [0, 0.05) is 12.6 Å². The minimum atomic E-state index is -0.813. The third-order valence-corrected chi connectivity index (χ3v) is 1.06. The summed E-state index contributed by atoms with van der Waals surface area (Å²) in [7, 11) is 0. The van der Waals surface area contributed by atoms with Gasteiger partial charge in [0.25, 0.3) is 0 Å². The molecule has 0 bridgehead atoms. The highest BCUT2D eigenvalue weighted by molar-refractivity contribution is 5.76. The van der Waals surface area contributed by atoms with Gasteiger partial charge in [0.1, 0.15) is 6.29 Å². The topological polar surface area (TPSA) is 114 Å². The number of hydrazone groups is 1. The maximum Gasteiger partial charge on any atom is 0.332 e. The van der Waals surface area contributed by atoms with Crippen molar-refractivity contribution in [3.63, 3.8) is 0 Å². The summed E-state index contributed by atoms with van der Waals surface area (Å²) in [5.41, 5.74) is 6.63. The minimum absolute atomic E-state index is 0.0860. The summed E-state index contributed by atoms with van der Waals surface area (Å²) in [6.45, 7) is 0. The standard InChI is InChI=1S/C6H10N4O3/c7-6(13)10-9-3-5(1-2-11)8-4-12/h2-5H,1H2,(H,8,12)(H3,7,10,13)/b9-3+. The van der Waals surface area contributed by atoms with E-state index in [0.29, 0.717) is 12.7 Å². The molecule has 0 heterocycles. The molecule has 0 aliphatic carbocycles. The maximum absolute atomic E-state index is 10.1. The predicted octanol–water partition coefficient (Wildman–Crippen LogP) is -1.66. The summed E-state index contributed by atoms with van der Waals surface area (Å²) in [5, 5.41) is 5.68. The van der Waals surface area contributed by atoms with E-state index >= 15 is 0 Å². The summed E-state index contributed by atoms with van der Waals surface area (Å²) < 4.78 is 0. The van der Waals surface area contributed by atoms with Gasteiger partial charge < -0.3 is 15.8 Å². The normalized spacial score (nSPS) is 12.0. The van der Waals surface area contributed by atoms with Crippen molar-refractivity contribution < 1.29 is 14.4 Å². The molecule has 0 radical (unpaired) electrons. The van der Waals surface area contributed by atoms with E-state index in [1.54, 1.807) is 0 Å². The first-order valence-corrected chi connectivity index (χ1v) is 3.42. The monoisotopic (exact) mass is 186 g/mol. The Labute approximate surface area is 74.4 Å². The molecule has 72 valence electrons. The Morgan fingerprint density at radius 3 is 2.69 bits per heavy atom. The van der Waals surface area contributed by atoms with Crippen LogP contribution in [0.1, 0.15) is 6.42 Å². The average molecular weight is 186 g/mol. The van der Waals surface area contributed by atoms with Crippen LogP contribution in [-0.2, 0) is 9.59 Å². The largest absolute Gasteiger partial charge is 0.350 e. The number of carbonyl (C=O) groups is 3. The molecule has 0 aromatic carbocycles. The summed E-state index contributed by atoms with van der Waals surface area (Å²) in [5.74, 6) is 0. The number of rotatable bonds is 6. The van der Waals surface area contributed by atoms with Gasteiger partial charge in [-0.1, -0.05) is 0 Å². The van der Waals surface area contributed by atoms with Crippen molar-refractivity contribution >= 4 is 24.9 Å². The van der Waals surface area contributed by atoms with Gasteiger partial charge in [-0.05, 0) is 0 Å². The molecule has 7 nitrogen and oxygen atoms in total. The number of nitrogens with zero attached hydrogens (tertiary/aromatic N) is 1. The Morgan fingerprint density at radius 2 is 2.23 bits per heavy atom. The predicted molar refractivity (Wildman–Crippen MR) is 44.9 cm³/mol. The molecule has 7 heteroatoms. The summed E-state index contributed by atoms with van der Waals surface area (Å²) in [4.78, 5) is 30.2. The quantitative estimate of drug-likeness (QED) is 0.262. The second kappa shape index (κ2) is 6.77. The molecule has 0 aromatic heterocycles. The minimum Gasteiger partial charge on any atom is -0.350 e. The smallest absolute Gasteiger partial charge is 0.332 e. The zero-order valence-electron chi connectivity index (χ0n) is 6.77. The fourth-order valence-corrected chi connectivity index (χ4v) is 0.554. The fourth-order valence-electron chi connectivity index (χ4n) is 0.554. The van der Waals surface area contributed by atoms with E-state index in [1.807, 2.05) is 5.43 Å². The van der Waals surface area contributed by atoms with Gasteiger partial charge in [-0.15, -0.1) is 0 Å². The van der Waals surface area contributed by atoms with E-state index in [1.165, 1.54) is 6.21 Å². The van der Waals surface area contributed by atoms with Gasteiger partial charge in [-0.3, -0.25) is 4.79 Å². The third-order valence-electron chi connectivity index (χ3n) is 1.06. The van der Waals surface area contributed by atoms with Crippen LogP contribution in [0.3, 0.4) is 0 Å². The van der Waals surface area contributed by atoms with Gasteiger partial charge in [0.2, 0.25) is 6.41 Å². The number of amides is 3. The second-order valence-electron chi connectivity index (χ2n) is 2.05. The molecule has 4 N–H and O–H groups in total. The van der Waals surface area contributed by atoms with Crippen molar-refractivity contribution in [3.8, 4) is 0 Å². The van der Waals surface area contributed by atoms with Crippen molar-refractivity contribution in [2.24, 2.45) is 10.8 Å². The van der Waals surface area contributed by atoms with E-state index in [9.17, 15) is 14.4 Å². The van der Waals surface area contributed by atoms with Crippen LogP contribution in [0.25, 0.3) is 0 Å². The summed E-state index contributed by atoms with van der Waals surface area (Å²) in [6, 6.07) is -1.34. The molecule has 0 aromatic rings. The number of nitrogens with two attached hydrogens (primary N) is 1. The maximum atomic E-state index is 10.1. The molecule has 0 aliphatic heterocycles. The Hall–Kier alpha value is -1.92. The van der Waals surface area contributed by atoms with Gasteiger partial charge in [0.05, 0.1) is 6.04 Å². The second-order valence-corrected chi connectivity index (χ2v) is 2.05. The van der Waals surface area contributed by atoms with Crippen LogP contribution >= 0.6 is 0 Å². The molecular formula is C6H10N4O3. The average Bonchev–Trinajstić information content (AvgIpc) is 2.04. The summed E-state index contributed by atoms with van der Waals surface area (Å²) >= 11 is 0. The van der Waals surface area contributed by atoms with E-state index < -0.39 is 12.1 Å². The van der Waals surface area contributed by atoms with Crippen molar-refractivity contribution in [1.29, 1.82) is 0 Å². The number of aldehydes is 1. The van der Waals surface area contributed by atoms with Crippen LogP contribution in [0.5, 0.6) is 0 Å². The highest BCUT2D eigenvalue weighted by atomic mass is 16.2. The molecule has 0 rings (SSSR count). The lowest BCUT2D eigenvalue weighted by molar-refractivity contribution is -0.110. The van der Waals surface area contributed by atoms with Crippen molar-refractivity contribution in [2.45, 2.75) is 12.5 Å². The molecule has 0 saturated carbocycles.